The van der Waals surface area contributed by atoms with Crippen molar-refractivity contribution in [1.29, 1.82) is 0 Å². The smallest absolute Gasteiger partial charge is 0.243 e. The van der Waals surface area contributed by atoms with Gasteiger partial charge in [0.1, 0.15) is 0 Å². The van der Waals surface area contributed by atoms with Crippen LogP contribution in [0.4, 0.5) is 20.3 Å². The zero-order chi connectivity index (χ0) is 31.7. The molecule has 0 aliphatic carbocycles. The molecule has 2 aromatic heterocycles. The first kappa shape index (κ1) is 30.9. The maximum atomic E-state index is 14.9. The summed E-state index contributed by atoms with van der Waals surface area (Å²) in [5, 5.41) is 6.47. The number of hydrogen-bond acceptors (Lipinski definition) is 8. The zero-order valence-electron chi connectivity index (χ0n) is 25.1. The van der Waals surface area contributed by atoms with E-state index >= 15 is 0 Å². The van der Waals surface area contributed by atoms with Gasteiger partial charge in [-0.05, 0) is 68.2 Å². The molecule has 2 aliphatic rings. The van der Waals surface area contributed by atoms with Crippen LogP contribution in [0.3, 0.4) is 0 Å². The number of anilines is 2. The number of hydrogen-bond donors (Lipinski definition) is 2. The minimum atomic E-state index is -3.79. The van der Waals surface area contributed by atoms with E-state index in [2.05, 4.69) is 20.6 Å². The molecule has 14 heteroatoms. The molecule has 0 radical (unpaired) electrons. The van der Waals surface area contributed by atoms with Crippen LogP contribution >= 0.6 is 0 Å². The van der Waals surface area contributed by atoms with Gasteiger partial charge in [0, 0.05) is 55.7 Å². The number of nitrogens with zero attached hydrogens (tertiary/aromatic N) is 5. The minimum Gasteiger partial charge on any atom is -0.494 e. The lowest BCUT2D eigenvalue weighted by atomic mass is 9.96. The monoisotopic (exact) mass is 639 g/mol. The number of imidazole rings is 1. The summed E-state index contributed by atoms with van der Waals surface area (Å²) in [4.78, 5) is 23.8. The molecule has 1 amide bonds. The molecule has 2 saturated heterocycles. The summed E-state index contributed by atoms with van der Waals surface area (Å²) >= 11 is 0. The van der Waals surface area contributed by atoms with Crippen LogP contribution in [0.25, 0.3) is 16.9 Å². The quantitative estimate of drug-likeness (QED) is 0.299. The maximum Gasteiger partial charge on any atom is 0.243 e. The van der Waals surface area contributed by atoms with Crippen molar-refractivity contribution in [1.82, 2.24) is 28.9 Å². The Morgan fingerprint density at radius 2 is 1.82 bits per heavy atom. The molecule has 0 bridgehead atoms. The van der Waals surface area contributed by atoms with Gasteiger partial charge in [0.25, 0.3) is 0 Å². The second-order valence-electron chi connectivity index (χ2n) is 11.1. The molecule has 2 aromatic carbocycles. The Labute approximate surface area is 260 Å². The van der Waals surface area contributed by atoms with Gasteiger partial charge in [-0.25, -0.2) is 22.8 Å². The Hall–Kier alpha value is -4.14. The largest absolute Gasteiger partial charge is 0.494 e. The molecule has 6 rings (SSSR count). The van der Waals surface area contributed by atoms with Gasteiger partial charge in [-0.15, -0.1) is 0 Å². The van der Waals surface area contributed by atoms with Crippen molar-refractivity contribution < 1.29 is 26.7 Å². The topological polar surface area (TPSA) is 121 Å². The number of piperazine rings is 1. The van der Waals surface area contributed by atoms with E-state index in [-0.39, 0.29) is 41.1 Å². The van der Waals surface area contributed by atoms with Crippen molar-refractivity contribution in [2.45, 2.75) is 31.1 Å². The van der Waals surface area contributed by atoms with Crippen LogP contribution in [0.2, 0.25) is 0 Å². The van der Waals surface area contributed by atoms with Crippen molar-refractivity contribution in [2.75, 3.05) is 51.7 Å². The molecule has 45 heavy (non-hydrogen) atoms. The van der Waals surface area contributed by atoms with Crippen LogP contribution in [-0.4, -0.2) is 84.3 Å². The van der Waals surface area contributed by atoms with Gasteiger partial charge < -0.3 is 20.3 Å². The number of carbonyl (C=O) groups excluding carboxylic acids is 1. The van der Waals surface area contributed by atoms with Crippen molar-refractivity contribution in [2.24, 2.45) is 5.92 Å². The second-order valence-corrected chi connectivity index (χ2v) is 13.0. The van der Waals surface area contributed by atoms with E-state index in [1.807, 2.05) is 6.92 Å². The van der Waals surface area contributed by atoms with Gasteiger partial charge >= 0.3 is 0 Å². The molecular formula is C31H35F2N7O4S. The molecule has 2 aliphatic heterocycles. The fourth-order valence-corrected chi connectivity index (χ4v) is 7.73. The molecule has 0 unspecified atom stereocenters. The Kier molecular flexibility index (Phi) is 8.71. The van der Waals surface area contributed by atoms with E-state index in [4.69, 9.17) is 4.74 Å². The number of fused-ring (bicyclic) bond motifs is 1. The maximum absolute atomic E-state index is 14.9. The molecule has 0 spiro atoms. The van der Waals surface area contributed by atoms with Crippen LogP contribution in [0.1, 0.15) is 25.3 Å². The van der Waals surface area contributed by atoms with E-state index in [0.717, 1.165) is 25.9 Å². The van der Waals surface area contributed by atoms with E-state index in [1.165, 1.54) is 35.9 Å². The highest BCUT2D eigenvalue weighted by molar-refractivity contribution is 7.89. The number of rotatable bonds is 8. The molecule has 238 valence electrons. The van der Waals surface area contributed by atoms with Crippen molar-refractivity contribution in [3.05, 3.63) is 66.1 Å². The van der Waals surface area contributed by atoms with Gasteiger partial charge in [-0.1, -0.05) is 6.92 Å². The van der Waals surface area contributed by atoms with Crippen molar-refractivity contribution in [3.8, 4) is 17.0 Å². The van der Waals surface area contributed by atoms with Crippen LogP contribution in [0.5, 0.6) is 5.75 Å². The molecule has 11 nitrogen and oxygen atoms in total. The molecule has 2 fully saturated rings. The summed E-state index contributed by atoms with van der Waals surface area (Å²) in [6, 6.07) is 7.78. The first-order chi connectivity index (χ1) is 21.7. The second kappa shape index (κ2) is 12.7. The normalized spacial score (nSPS) is 16.7. The fourth-order valence-electron chi connectivity index (χ4n) is 6.03. The van der Waals surface area contributed by atoms with Crippen LogP contribution < -0.4 is 15.4 Å². The number of piperidine rings is 1. The summed E-state index contributed by atoms with van der Waals surface area (Å²) in [7, 11) is -2.53. The first-order valence-electron chi connectivity index (χ1n) is 15.0. The Morgan fingerprint density at radius 3 is 2.53 bits per heavy atom. The molecule has 4 aromatic rings. The Morgan fingerprint density at radius 1 is 1.07 bits per heavy atom. The predicted molar refractivity (Wildman–Crippen MR) is 165 cm³/mol. The third-order valence-electron chi connectivity index (χ3n) is 8.53. The van der Waals surface area contributed by atoms with Gasteiger partial charge in [-0.2, -0.15) is 8.70 Å². The zero-order valence-corrected chi connectivity index (χ0v) is 25.9. The summed E-state index contributed by atoms with van der Waals surface area (Å²) in [5.41, 5.74) is 1.92. The van der Waals surface area contributed by atoms with Crippen LogP contribution in [0, 0.1) is 17.6 Å². The molecule has 2 N–H and O–H groups in total. The minimum absolute atomic E-state index is 0.00154. The predicted octanol–water partition coefficient (Wildman–Crippen LogP) is 3.82. The Bertz CT molecular complexity index is 1840. The van der Waals surface area contributed by atoms with E-state index in [0.29, 0.717) is 47.9 Å². The average Bonchev–Trinajstić information content (AvgIpc) is 3.51. The number of aryl methyl sites for hydroxylation is 1. The highest BCUT2D eigenvalue weighted by Gasteiger charge is 2.34. The number of halogens is 2. The van der Waals surface area contributed by atoms with Crippen LogP contribution in [-0.2, 0) is 21.2 Å². The summed E-state index contributed by atoms with van der Waals surface area (Å²) in [6.07, 6.45) is 6.62. The highest BCUT2D eigenvalue weighted by Crippen LogP contribution is 2.32. The summed E-state index contributed by atoms with van der Waals surface area (Å²) in [6.45, 7) is 4.78. The van der Waals surface area contributed by atoms with Crippen molar-refractivity contribution >= 4 is 33.1 Å². The summed E-state index contributed by atoms with van der Waals surface area (Å²) in [5.74, 6) is -1.87. The molecule has 0 atom stereocenters. The number of aromatic nitrogens is 3. The first-order valence-corrected chi connectivity index (χ1v) is 16.4. The highest BCUT2D eigenvalue weighted by atomic mass is 32.2. The summed E-state index contributed by atoms with van der Waals surface area (Å²) < 4.78 is 64.7. The molecular weight excluding hydrogens is 604 g/mol. The third-order valence-corrected chi connectivity index (χ3v) is 10.5. The standard InChI is InChI=1S/C31H35F2N7O4S/c1-3-20-18-22(4-7-26(20)45(42,43)39-16-14-38(15-17-39)31(41)21-8-10-34-11-9-21)37-29-30-36-19-24(40(30)13-12-35-29)23-5-6-25(44-2)28(33)27(23)32/h4-7,12-13,18-19,21,34H,3,8-11,14-17H2,1-2H3,(H,35,37). The third kappa shape index (κ3) is 5.85. The van der Waals surface area contributed by atoms with E-state index in [1.54, 1.807) is 33.7 Å². The number of methoxy groups -OCH3 is 1. The number of carbonyl (C=O) groups is 1. The van der Waals surface area contributed by atoms with Crippen molar-refractivity contribution in [3.63, 3.8) is 0 Å². The number of nitrogens with one attached hydrogen (secondary N) is 2. The lowest BCUT2D eigenvalue weighted by molar-refractivity contribution is -0.137. The van der Waals surface area contributed by atoms with E-state index in [9.17, 15) is 22.0 Å². The number of sulfonamides is 1. The van der Waals surface area contributed by atoms with Gasteiger partial charge in [0.05, 0.1) is 23.9 Å². The number of benzene rings is 2. The Balaban J connectivity index is 1.20. The van der Waals surface area contributed by atoms with Gasteiger partial charge in [0.15, 0.2) is 23.0 Å². The van der Waals surface area contributed by atoms with E-state index < -0.39 is 21.7 Å². The molecule has 4 heterocycles. The number of amides is 1. The SMILES string of the molecule is CCc1cc(Nc2nccn3c(-c4ccc(OC)c(F)c4F)cnc23)ccc1S(=O)(=O)N1CCN(C(=O)C2CCNCC2)CC1. The molecule has 0 saturated carbocycles. The fraction of sp³-hybridized carbons (Fsp3) is 0.387. The lowest BCUT2D eigenvalue weighted by Crippen LogP contribution is -2.52. The van der Waals surface area contributed by atoms with Crippen LogP contribution in [0.15, 0.2) is 53.8 Å². The lowest BCUT2D eigenvalue weighted by Gasteiger charge is -2.36. The van der Waals surface area contributed by atoms with Gasteiger partial charge in [0.2, 0.25) is 21.7 Å². The number of ether oxygens (including phenoxy) is 1. The average molecular weight is 640 g/mol. The van der Waals surface area contributed by atoms with Gasteiger partial charge in [-0.3, -0.25) is 9.20 Å².